The summed E-state index contributed by atoms with van der Waals surface area (Å²) in [4.78, 5) is 16.4. The van der Waals surface area contributed by atoms with Crippen LogP contribution >= 0.6 is 0 Å². The summed E-state index contributed by atoms with van der Waals surface area (Å²) in [7, 11) is 1.47. The van der Waals surface area contributed by atoms with Gasteiger partial charge in [-0.15, -0.1) is 0 Å². The smallest absolute Gasteiger partial charge is 0.234 e. The van der Waals surface area contributed by atoms with Crippen molar-refractivity contribution < 1.29 is 13.9 Å². The van der Waals surface area contributed by atoms with Gasteiger partial charge in [-0.1, -0.05) is 6.07 Å². The van der Waals surface area contributed by atoms with Crippen LogP contribution in [-0.4, -0.2) is 62.1 Å². The lowest BCUT2D eigenvalue weighted by molar-refractivity contribution is -0.122. The molecule has 0 radical (unpaired) electrons. The summed E-state index contributed by atoms with van der Waals surface area (Å²) in [5.41, 5.74) is 0.948. The predicted molar refractivity (Wildman–Crippen MR) is 90.4 cm³/mol. The Hall–Kier alpha value is -1.66. The molecule has 1 saturated carbocycles. The fourth-order valence-corrected chi connectivity index (χ4v) is 3.01. The molecular formula is C18H26FN3O2. The van der Waals surface area contributed by atoms with Crippen LogP contribution in [0.4, 0.5) is 4.39 Å². The summed E-state index contributed by atoms with van der Waals surface area (Å²) in [6, 6.07) is 5.11. The summed E-state index contributed by atoms with van der Waals surface area (Å²) in [5.74, 6) is 0.810. The maximum absolute atomic E-state index is 13.7. The number of piperazine rings is 1. The number of benzene rings is 1. The first-order valence-corrected chi connectivity index (χ1v) is 8.68. The third-order valence-corrected chi connectivity index (χ3v) is 4.74. The number of amides is 1. The standard InChI is InChI=1S/C18H26FN3O2/c1-24-17-5-4-15(10-16(17)19)12-21-6-8-22(9-7-21)13-18(23)20-11-14-2-3-14/h4-5,10,14H,2-3,6-9,11-13H2,1H3,(H,20,23). The molecule has 1 aromatic rings. The zero-order valence-corrected chi connectivity index (χ0v) is 14.3. The second-order valence-corrected chi connectivity index (χ2v) is 6.77. The van der Waals surface area contributed by atoms with Gasteiger partial charge in [0.2, 0.25) is 5.91 Å². The number of carbonyl (C=O) groups excluding carboxylic acids is 1. The second-order valence-electron chi connectivity index (χ2n) is 6.77. The van der Waals surface area contributed by atoms with Crippen molar-refractivity contribution in [2.45, 2.75) is 19.4 Å². The zero-order valence-electron chi connectivity index (χ0n) is 14.3. The lowest BCUT2D eigenvalue weighted by Crippen LogP contribution is -2.49. The number of rotatable bonds is 7. The minimum atomic E-state index is -0.319. The van der Waals surface area contributed by atoms with Crippen LogP contribution in [0.25, 0.3) is 0 Å². The van der Waals surface area contributed by atoms with Crippen LogP contribution in [0, 0.1) is 11.7 Å². The van der Waals surface area contributed by atoms with Crippen LogP contribution in [0.1, 0.15) is 18.4 Å². The summed E-state index contributed by atoms with van der Waals surface area (Å²) in [5, 5.41) is 3.01. The highest BCUT2D eigenvalue weighted by atomic mass is 19.1. The molecule has 0 aromatic heterocycles. The molecular weight excluding hydrogens is 309 g/mol. The largest absolute Gasteiger partial charge is 0.494 e. The molecule has 0 atom stereocenters. The van der Waals surface area contributed by atoms with Crippen LogP contribution in [0.5, 0.6) is 5.75 Å². The summed E-state index contributed by atoms with van der Waals surface area (Å²) in [6.07, 6.45) is 2.51. The van der Waals surface area contributed by atoms with Crippen LogP contribution in [-0.2, 0) is 11.3 Å². The normalized spacial score (nSPS) is 19.2. The van der Waals surface area contributed by atoms with E-state index >= 15 is 0 Å². The average molecular weight is 335 g/mol. The molecule has 1 aromatic carbocycles. The first-order valence-electron chi connectivity index (χ1n) is 8.68. The number of halogens is 1. The molecule has 3 rings (SSSR count). The topological polar surface area (TPSA) is 44.8 Å². The number of nitrogens with one attached hydrogen (secondary N) is 1. The molecule has 24 heavy (non-hydrogen) atoms. The van der Waals surface area contributed by atoms with Crippen molar-refractivity contribution in [1.29, 1.82) is 0 Å². The molecule has 2 aliphatic rings. The quantitative estimate of drug-likeness (QED) is 0.820. The second kappa shape index (κ2) is 7.94. The Bertz CT molecular complexity index is 569. The lowest BCUT2D eigenvalue weighted by Gasteiger charge is -2.34. The Labute approximate surface area is 142 Å². The molecule has 1 aliphatic heterocycles. The van der Waals surface area contributed by atoms with Gasteiger partial charge in [0.1, 0.15) is 0 Å². The Morgan fingerprint density at radius 1 is 1.25 bits per heavy atom. The SMILES string of the molecule is COc1ccc(CN2CCN(CC(=O)NCC3CC3)CC2)cc1F. The molecule has 0 spiro atoms. The number of nitrogens with zero attached hydrogens (tertiary/aromatic N) is 2. The highest BCUT2D eigenvalue weighted by Gasteiger charge is 2.23. The zero-order chi connectivity index (χ0) is 16.9. The molecule has 132 valence electrons. The van der Waals surface area contributed by atoms with Crippen LogP contribution in [0.3, 0.4) is 0 Å². The third-order valence-electron chi connectivity index (χ3n) is 4.74. The number of ether oxygens (including phenoxy) is 1. The van der Waals surface area contributed by atoms with Crippen molar-refractivity contribution in [3.63, 3.8) is 0 Å². The van der Waals surface area contributed by atoms with Crippen molar-refractivity contribution in [1.82, 2.24) is 15.1 Å². The molecule has 1 aliphatic carbocycles. The maximum Gasteiger partial charge on any atom is 0.234 e. The van der Waals surface area contributed by atoms with Gasteiger partial charge in [0.05, 0.1) is 13.7 Å². The van der Waals surface area contributed by atoms with Crippen molar-refractivity contribution in [2.75, 3.05) is 46.4 Å². The third kappa shape index (κ3) is 4.92. The van der Waals surface area contributed by atoms with E-state index in [1.54, 1.807) is 6.07 Å². The van der Waals surface area contributed by atoms with Crippen molar-refractivity contribution in [2.24, 2.45) is 5.92 Å². The highest BCUT2D eigenvalue weighted by Crippen LogP contribution is 2.27. The van der Waals surface area contributed by atoms with Crippen LogP contribution in [0.15, 0.2) is 18.2 Å². The maximum atomic E-state index is 13.7. The predicted octanol–water partition coefficient (Wildman–Crippen LogP) is 1.48. The molecule has 6 heteroatoms. The van der Waals surface area contributed by atoms with E-state index in [1.165, 1.54) is 26.0 Å². The van der Waals surface area contributed by atoms with E-state index in [9.17, 15) is 9.18 Å². The van der Waals surface area contributed by atoms with E-state index in [4.69, 9.17) is 4.74 Å². The average Bonchev–Trinajstić information content (AvgIpc) is 3.39. The van der Waals surface area contributed by atoms with Gasteiger partial charge in [-0.3, -0.25) is 14.6 Å². The van der Waals surface area contributed by atoms with E-state index in [2.05, 4.69) is 15.1 Å². The monoisotopic (exact) mass is 335 g/mol. The molecule has 1 heterocycles. The first-order chi connectivity index (χ1) is 11.6. The van der Waals surface area contributed by atoms with Crippen molar-refractivity contribution in [3.05, 3.63) is 29.6 Å². The molecule has 1 N–H and O–H groups in total. The molecule has 1 saturated heterocycles. The Balaban J connectivity index is 1.39. The molecule has 2 fully saturated rings. The van der Waals surface area contributed by atoms with E-state index in [0.29, 0.717) is 6.54 Å². The van der Waals surface area contributed by atoms with Crippen LogP contribution in [0.2, 0.25) is 0 Å². The number of carbonyl (C=O) groups is 1. The number of hydrogen-bond acceptors (Lipinski definition) is 4. The van der Waals surface area contributed by atoms with Gasteiger partial charge in [-0.05, 0) is 36.5 Å². The number of methoxy groups -OCH3 is 1. The Morgan fingerprint density at radius 3 is 2.58 bits per heavy atom. The molecule has 0 bridgehead atoms. The van der Waals surface area contributed by atoms with Gasteiger partial charge in [0, 0.05) is 39.3 Å². The lowest BCUT2D eigenvalue weighted by atomic mass is 10.2. The minimum absolute atomic E-state index is 0.132. The van der Waals surface area contributed by atoms with Gasteiger partial charge in [-0.2, -0.15) is 0 Å². The number of hydrogen-bond donors (Lipinski definition) is 1. The van der Waals surface area contributed by atoms with Gasteiger partial charge in [0.25, 0.3) is 0 Å². The van der Waals surface area contributed by atoms with E-state index in [0.717, 1.165) is 50.7 Å². The van der Waals surface area contributed by atoms with E-state index in [-0.39, 0.29) is 17.5 Å². The fraction of sp³-hybridized carbons (Fsp3) is 0.611. The summed E-state index contributed by atoms with van der Waals surface area (Å²) < 4.78 is 18.7. The van der Waals surface area contributed by atoms with Crippen molar-refractivity contribution >= 4 is 5.91 Å². The summed E-state index contributed by atoms with van der Waals surface area (Å²) >= 11 is 0. The summed E-state index contributed by atoms with van der Waals surface area (Å²) in [6.45, 7) is 5.57. The minimum Gasteiger partial charge on any atom is -0.494 e. The molecule has 5 nitrogen and oxygen atoms in total. The van der Waals surface area contributed by atoms with Crippen LogP contribution < -0.4 is 10.1 Å². The Morgan fingerprint density at radius 2 is 1.96 bits per heavy atom. The highest BCUT2D eigenvalue weighted by molar-refractivity contribution is 5.78. The molecule has 1 amide bonds. The first kappa shape index (κ1) is 17.2. The van der Waals surface area contributed by atoms with Gasteiger partial charge >= 0.3 is 0 Å². The van der Waals surface area contributed by atoms with Gasteiger partial charge < -0.3 is 10.1 Å². The van der Waals surface area contributed by atoms with Gasteiger partial charge in [0.15, 0.2) is 11.6 Å². The van der Waals surface area contributed by atoms with E-state index < -0.39 is 0 Å². The van der Waals surface area contributed by atoms with Crippen molar-refractivity contribution in [3.8, 4) is 5.75 Å². The molecule has 0 unspecified atom stereocenters. The van der Waals surface area contributed by atoms with E-state index in [1.807, 2.05) is 6.07 Å². The van der Waals surface area contributed by atoms with Gasteiger partial charge in [-0.25, -0.2) is 4.39 Å². The fourth-order valence-electron chi connectivity index (χ4n) is 3.01. The Kier molecular flexibility index (Phi) is 5.68.